The lowest BCUT2D eigenvalue weighted by molar-refractivity contribution is 0.626. The summed E-state index contributed by atoms with van der Waals surface area (Å²) in [6, 6.07) is 6.46. The predicted octanol–water partition coefficient (Wildman–Crippen LogP) is 3.22. The van der Waals surface area contributed by atoms with E-state index in [1.165, 1.54) is 12.1 Å². The summed E-state index contributed by atoms with van der Waals surface area (Å²) in [5.41, 5.74) is 0.997. The van der Waals surface area contributed by atoms with Crippen LogP contribution in [-0.2, 0) is 0 Å². The molecule has 1 aromatic carbocycles. The molecular weight excluding hydrogens is 243 g/mol. The van der Waals surface area contributed by atoms with Gasteiger partial charge in [0.15, 0.2) is 0 Å². The molecular formula is C14H17FN4. The first-order valence-corrected chi connectivity index (χ1v) is 6.27. The van der Waals surface area contributed by atoms with Crippen LogP contribution < -0.4 is 10.6 Å². The first kappa shape index (κ1) is 13.3. The van der Waals surface area contributed by atoms with Crippen molar-refractivity contribution in [1.82, 2.24) is 9.97 Å². The van der Waals surface area contributed by atoms with E-state index in [2.05, 4.69) is 20.6 Å². The van der Waals surface area contributed by atoms with Crippen molar-refractivity contribution in [1.29, 1.82) is 0 Å². The molecule has 19 heavy (non-hydrogen) atoms. The summed E-state index contributed by atoms with van der Waals surface area (Å²) >= 11 is 0. The Morgan fingerprint density at radius 2 is 1.84 bits per heavy atom. The van der Waals surface area contributed by atoms with Crippen molar-refractivity contribution in [3.63, 3.8) is 0 Å². The third-order valence-corrected chi connectivity index (χ3v) is 2.73. The number of nitrogens with zero attached hydrogens (tertiary/aromatic N) is 2. The van der Waals surface area contributed by atoms with Crippen LogP contribution in [0.1, 0.15) is 25.5 Å². The SMILES string of the molecule is CCNc1cncc(NC(C)c2ccc(F)cc2)n1. The highest BCUT2D eigenvalue weighted by atomic mass is 19.1. The summed E-state index contributed by atoms with van der Waals surface area (Å²) in [6.45, 7) is 4.80. The Labute approximate surface area is 112 Å². The molecule has 2 aromatic rings. The molecule has 0 spiro atoms. The van der Waals surface area contributed by atoms with E-state index in [-0.39, 0.29) is 11.9 Å². The Hall–Kier alpha value is -2.17. The van der Waals surface area contributed by atoms with Gasteiger partial charge in [-0.15, -0.1) is 0 Å². The highest BCUT2D eigenvalue weighted by Crippen LogP contribution is 2.18. The van der Waals surface area contributed by atoms with Gasteiger partial charge in [0.05, 0.1) is 12.4 Å². The zero-order valence-electron chi connectivity index (χ0n) is 11.0. The minimum atomic E-state index is -0.232. The zero-order chi connectivity index (χ0) is 13.7. The molecule has 0 aliphatic carbocycles. The molecule has 5 heteroatoms. The maximum atomic E-state index is 12.9. The average molecular weight is 260 g/mol. The van der Waals surface area contributed by atoms with E-state index in [0.717, 1.165) is 17.9 Å². The first-order chi connectivity index (χ1) is 9.19. The van der Waals surface area contributed by atoms with Crippen molar-refractivity contribution >= 4 is 11.6 Å². The van der Waals surface area contributed by atoms with Crippen LogP contribution in [0.3, 0.4) is 0 Å². The molecule has 0 aliphatic rings. The molecule has 1 unspecified atom stereocenters. The molecule has 0 aliphatic heterocycles. The van der Waals surface area contributed by atoms with Crippen LogP contribution in [-0.4, -0.2) is 16.5 Å². The van der Waals surface area contributed by atoms with Gasteiger partial charge in [0.25, 0.3) is 0 Å². The summed E-state index contributed by atoms with van der Waals surface area (Å²) in [5.74, 6) is 1.19. The summed E-state index contributed by atoms with van der Waals surface area (Å²) < 4.78 is 12.9. The van der Waals surface area contributed by atoms with Crippen LogP contribution >= 0.6 is 0 Å². The van der Waals surface area contributed by atoms with Gasteiger partial charge in [0, 0.05) is 12.6 Å². The Morgan fingerprint density at radius 1 is 1.16 bits per heavy atom. The van der Waals surface area contributed by atoms with E-state index < -0.39 is 0 Å². The maximum absolute atomic E-state index is 12.9. The van der Waals surface area contributed by atoms with Crippen molar-refractivity contribution in [2.75, 3.05) is 17.2 Å². The summed E-state index contributed by atoms with van der Waals surface area (Å²) in [5, 5.41) is 6.35. The Bertz CT molecular complexity index is 527. The fourth-order valence-corrected chi connectivity index (χ4v) is 1.76. The lowest BCUT2D eigenvalue weighted by Crippen LogP contribution is -2.09. The number of hydrogen-bond donors (Lipinski definition) is 2. The molecule has 2 rings (SSSR count). The topological polar surface area (TPSA) is 49.8 Å². The minimum Gasteiger partial charge on any atom is -0.369 e. The van der Waals surface area contributed by atoms with E-state index in [0.29, 0.717) is 5.82 Å². The van der Waals surface area contributed by atoms with Crippen molar-refractivity contribution in [3.05, 3.63) is 48.0 Å². The summed E-state index contributed by atoms with van der Waals surface area (Å²) in [7, 11) is 0. The lowest BCUT2D eigenvalue weighted by Gasteiger charge is -2.15. The fraction of sp³-hybridized carbons (Fsp3) is 0.286. The average Bonchev–Trinajstić information content (AvgIpc) is 2.40. The van der Waals surface area contributed by atoms with E-state index in [9.17, 15) is 4.39 Å². The van der Waals surface area contributed by atoms with Gasteiger partial charge in [-0.2, -0.15) is 0 Å². The van der Waals surface area contributed by atoms with Gasteiger partial charge in [0.2, 0.25) is 0 Å². The Kier molecular flexibility index (Phi) is 4.28. The van der Waals surface area contributed by atoms with Gasteiger partial charge in [-0.25, -0.2) is 9.37 Å². The van der Waals surface area contributed by atoms with Crippen molar-refractivity contribution in [3.8, 4) is 0 Å². The van der Waals surface area contributed by atoms with Gasteiger partial charge < -0.3 is 10.6 Å². The van der Waals surface area contributed by atoms with Gasteiger partial charge in [-0.3, -0.25) is 4.98 Å². The maximum Gasteiger partial charge on any atom is 0.147 e. The first-order valence-electron chi connectivity index (χ1n) is 6.27. The number of hydrogen-bond acceptors (Lipinski definition) is 4. The van der Waals surface area contributed by atoms with Crippen LogP contribution in [0.4, 0.5) is 16.0 Å². The van der Waals surface area contributed by atoms with Crippen molar-refractivity contribution in [2.24, 2.45) is 0 Å². The van der Waals surface area contributed by atoms with E-state index >= 15 is 0 Å². The number of anilines is 2. The number of rotatable bonds is 5. The quantitative estimate of drug-likeness (QED) is 0.866. The monoisotopic (exact) mass is 260 g/mol. The second kappa shape index (κ2) is 6.13. The standard InChI is InChI=1S/C14H17FN4/c1-3-17-13-8-16-9-14(19-13)18-10(2)11-4-6-12(15)7-5-11/h4-10H,3H2,1-2H3,(H2,17,18,19). The second-order valence-corrected chi connectivity index (χ2v) is 4.24. The number of aromatic nitrogens is 2. The second-order valence-electron chi connectivity index (χ2n) is 4.24. The molecule has 0 amide bonds. The molecule has 0 saturated carbocycles. The van der Waals surface area contributed by atoms with Gasteiger partial charge in [0.1, 0.15) is 17.5 Å². The largest absolute Gasteiger partial charge is 0.369 e. The van der Waals surface area contributed by atoms with Crippen LogP contribution in [0, 0.1) is 5.82 Å². The van der Waals surface area contributed by atoms with Crippen LogP contribution in [0.25, 0.3) is 0 Å². The normalized spacial score (nSPS) is 11.9. The lowest BCUT2D eigenvalue weighted by atomic mass is 10.1. The Morgan fingerprint density at radius 3 is 2.53 bits per heavy atom. The van der Waals surface area contributed by atoms with Crippen molar-refractivity contribution in [2.45, 2.75) is 19.9 Å². The van der Waals surface area contributed by atoms with E-state index in [4.69, 9.17) is 0 Å². The number of benzene rings is 1. The molecule has 1 heterocycles. The van der Waals surface area contributed by atoms with E-state index in [1.807, 2.05) is 13.8 Å². The number of halogens is 1. The molecule has 1 atom stereocenters. The van der Waals surface area contributed by atoms with Crippen LogP contribution in [0.15, 0.2) is 36.7 Å². The van der Waals surface area contributed by atoms with Gasteiger partial charge >= 0.3 is 0 Å². The van der Waals surface area contributed by atoms with Crippen LogP contribution in [0.5, 0.6) is 0 Å². The highest BCUT2D eigenvalue weighted by Gasteiger charge is 2.06. The fourth-order valence-electron chi connectivity index (χ4n) is 1.76. The molecule has 100 valence electrons. The minimum absolute atomic E-state index is 0.0341. The molecule has 0 saturated heterocycles. The third kappa shape index (κ3) is 3.64. The molecule has 4 nitrogen and oxygen atoms in total. The third-order valence-electron chi connectivity index (χ3n) is 2.73. The summed E-state index contributed by atoms with van der Waals surface area (Å²) in [4.78, 5) is 8.50. The van der Waals surface area contributed by atoms with Crippen molar-refractivity contribution < 1.29 is 4.39 Å². The molecule has 1 aromatic heterocycles. The molecule has 0 radical (unpaired) electrons. The Balaban J connectivity index is 2.07. The molecule has 0 bridgehead atoms. The molecule has 2 N–H and O–H groups in total. The van der Waals surface area contributed by atoms with Gasteiger partial charge in [-0.1, -0.05) is 12.1 Å². The predicted molar refractivity (Wildman–Crippen MR) is 74.6 cm³/mol. The van der Waals surface area contributed by atoms with Crippen LogP contribution in [0.2, 0.25) is 0 Å². The molecule has 0 fully saturated rings. The highest BCUT2D eigenvalue weighted by molar-refractivity contribution is 5.43. The summed E-state index contributed by atoms with van der Waals surface area (Å²) in [6.07, 6.45) is 3.35. The van der Waals surface area contributed by atoms with Gasteiger partial charge in [-0.05, 0) is 31.5 Å². The zero-order valence-corrected chi connectivity index (χ0v) is 11.0. The number of nitrogens with one attached hydrogen (secondary N) is 2. The smallest absolute Gasteiger partial charge is 0.147 e. The van der Waals surface area contributed by atoms with E-state index in [1.54, 1.807) is 24.5 Å².